The molecule has 0 aliphatic heterocycles. The highest BCUT2D eigenvalue weighted by Gasteiger charge is 2.18. The van der Waals surface area contributed by atoms with Gasteiger partial charge in [0.15, 0.2) is 5.69 Å². The molecular formula is C28H19N5O3. The molecule has 0 aliphatic carbocycles. The van der Waals surface area contributed by atoms with Crippen molar-refractivity contribution in [2.75, 3.05) is 5.32 Å². The van der Waals surface area contributed by atoms with Crippen LogP contribution in [0.4, 0.5) is 5.69 Å². The van der Waals surface area contributed by atoms with Crippen LogP contribution in [0.2, 0.25) is 0 Å². The number of rotatable bonds is 5. The van der Waals surface area contributed by atoms with E-state index in [9.17, 15) is 14.9 Å². The van der Waals surface area contributed by atoms with Gasteiger partial charge in [-0.05, 0) is 61.0 Å². The number of fused-ring (bicyclic) bond motifs is 1. The lowest BCUT2D eigenvalue weighted by Gasteiger charge is -2.13. The zero-order valence-electron chi connectivity index (χ0n) is 19.2. The topological polar surface area (TPSA) is 110 Å². The summed E-state index contributed by atoms with van der Waals surface area (Å²) in [7, 11) is 0. The number of hydrogen-bond donors (Lipinski definition) is 1. The Hall–Kier alpha value is -5.29. The quantitative estimate of drug-likeness (QED) is 0.384. The zero-order valence-corrected chi connectivity index (χ0v) is 19.2. The first-order valence-electron chi connectivity index (χ1n) is 11.1. The van der Waals surface area contributed by atoms with E-state index in [1.54, 1.807) is 85.1 Å². The molecule has 5 rings (SSSR count). The molecule has 3 aromatic carbocycles. The van der Waals surface area contributed by atoms with Crippen LogP contribution in [0.5, 0.6) is 11.6 Å². The number of benzene rings is 3. The molecule has 0 saturated carbocycles. The summed E-state index contributed by atoms with van der Waals surface area (Å²) in [4.78, 5) is 30.6. The van der Waals surface area contributed by atoms with E-state index in [1.807, 2.05) is 19.1 Å². The number of aromatic nitrogens is 3. The van der Waals surface area contributed by atoms with Crippen LogP contribution in [0.3, 0.4) is 0 Å². The van der Waals surface area contributed by atoms with E-state index in [0.717, 1.165) is 5.56 Å². The third-order valence-electron chi connectivity index (χ3n) is 5.57. The molecule has 0 spiro atoms. The number of pyridine rings is 1. The van der Waals surface area contributed by atoms with E-state index in [1.165, 1.54) is 4.68 Å². The third-order valence-corrected chi connectivity index (χ3v) is 5.57. The van der Waals surface area contributed by atoms with Gasteiger partial charge in [-0.1, -0.05) is 36.4 Å². The lowest BCUT2D eigenvalue weighted by Crippen LogP contribution is -2.26. The minimum absolute atomic E-state index is 0.126. The van der Waals surface area contributed by atoms with Gasteiger partial charge in [0.2, 0.25) is 5.88 Å². The average Bonchev–Trinajstić information content (AvgIpc) is 2.91. The van der Waals surface area contributed by atoms with Gasteiger partial charge in [0, 0.05) is 17.3 Å². The molecule has 2 heterocycles. The summed E-state index contributed by atoms with van der Waals surface area (Å²) >= 11 is 0. The minimum atomic E-state index is -0.454. The van der Waals surface area contributed by atoms with E-state index in [-0.39, 0.29) is 17.1 Å². The predicted octanol–water partition coefficient (Wildman–Crippen LogP) is 5.01. The molecule has 0 saturated heterocycles. The maximum atomic E-state index is 13.4. The number of amides is 1. The summed E-state index contributed by atoms with van der Waals surface area (Å²) in [5, 5.41) is 17.4. The van der Waals surface area contributed by atoms with Crippen LogP contribution in [-0.2, 0) is 0 Å². The number of nitrogens with zero attached hydrogens (tertiary/aromatic N) is 4. The first-order valence-corrected chi connectivity index (χ1v) is 11.1. The van der Waals surface area contributed by atoms with E-state index < -0.39 is 5.91 Å². The van der Waals surface area contributed by atoms with Gasteiger partial charge in [-0.15, -0.1) is 0 Å². The number of anilines is 1. The highest BCUT2D eigenvalue weighted by atomic mass is 16.5. The van der Waals surface area contributed by atoms with Crippen molar-refractivity contribution in [3.8, 4) is 23.4 Å². The Kier molecular flexibility index (Phi) is 5.95. The maximum absolute atomic E-state index is 13.4. The largest absolute Gasteiger partial charge is 0.438 e. The van der Waals surface area contributed by atoms with E-state index in [2.05, 4.69) is 15.4 Å². The molecule has 1 amide bonds. The average molecular weight is 473 g/mol. The van der Waals surface area contributed by atoms with Gasteiger partial charge in [-0.25, -0.2) is 4.98 Å². The molecule has 0 fully saturated rings. The van der Waals surface area contributed by atoms with Gasteiger partial charge in [0.25, 0.3) is 11.5 Å². The van der Waals surface area contributed by atoms with Crippen molar-refractivity contribution in [3.63, 3.8) is 0 Å². The standard InChI is InChI=1S/C28H19N5O3/c1-18-16-21(36-27-19(17-29)8-7-15-30-27)13-14-24(18)31-26(34)25-22-11-5-6-12-23(22)28(35)33(32-25)20-9-3-2-4-10-20/h2-16H,1H3,(H,31,34). The summed E-state index contributed by atoms with van der Waals surface area (Å²) in [5.74, 6) is 0.223. The van der Waals surface area contributed by atoms with Crippen molar-refractivity contribution in [2.45, 2.75) is 6.92 Å². The maximum Gasteiger partial charge on any atom is 0.279 e. The molecule has 8 nitrogen and oxygen atoms in total. The highest BCUT2D eigenvalue weighted by molar-refractivity contribution is 6.11. The van der Waals surface area contributed by atoms with Crippen molar-refractivity contribution in [2.24, 2.45) is 0 Å². The SMILES string of the molecule is Cc1cc(Oc2ncccc2C#N)ccc1NC(=O)c1nn(-c2ccccc2)c(=O)c2ccccc12. The molecule has 5 aromatic rings. The van der Waals surface area contributed by atoms with Gasteiger partial charge < -0.3 is 10.1 Å². The Morgan fingerprint density at radius 3 is 2.47 bits per heavy atom. The Morgan fingerprint density at radius 1 is 0.972 bits per heavy atom. The van der Waals surface area contributed by atoms with Crippen molar-refractivity contribution < 1.29 is 9.53 Å². The van der Waals surface area contributed by atoms with E-state index in [4.69, 9.17) is 4.74 Å². The number of nitriles is 1. The molecule has 1 N–H and O–H groups in total. The van der Waals surface area contributed by atoms with Crippen LogP contribution in [0.25, 0.3) is 16.5 Å². The van der Waals surface area contributed by atoms with Crippen molar-refractivity contribution in [3.05, 3.63) is 118 Å². The summed E-state index contributed by atoms with van der Waals surface area (Å²) in [6, 6.07) is 26.3. The Labute approximate surface area is 206 Å². The van der Waals surface area contributed by atoms with Crippen molar-refractivity contribution in [1.82, 2.24) is 14.8 Å². The van der Waals surface area contributed by atoms with Crippen LogP contribution in [0.1, 0.15) is 21.6 Å². The molecule has 2 aromatic heterocycles. The van der Waals surface area contributed by atoms with Gasteiger partial charge >= 0.3 is 0 Å². The van der Waals surface area contributed by atoms with E-state index >= 15 is 0 Å². The Morgan fingerprint density at radius 2 is 1.72 bits per heavy atom. The summed E-state index contributed by atoms with van der Waals surface area (Å²) in [5.41, 5.74) is 1.98. The number of aryl methyl sites for hydroxylation is 1. The van der Waals surface area contributed by atoms with Gasteiger partial charge in [-0.2, -0.15) is 15.0 Å². The van der Waals surface area contributed by atoms with Crippen molar-refractivity contribution >= 4 is 22.4 Å². The Bertz CT molecular complexity index is 1700. The highest BCUT2D eigenvalue weighted by Crippen LogP contribution is 2.27. The van der Waals surface area contributed by atoms with Crippen LogP contribution in [-0.4, -0.2) is 20.7 Å². The van der Waals surface area contributed by atoms with E-state index in [0.29, 0.717) is 33.5 Å². The van der Waals surface area contributed by atoms with Crippen LogP contribution in [0.15, 0.2) is 95.9 Å². The molecule has 0 bridgehead atoms. The second-order valence-electron chi connectivity index (χ2n) is 7.95. The number of ether oxygens (including phenoxy) is 1. The minimum Gasteiger partial charge on any atom is -0.438 e. The van der Waals surface area contributed by atoms with Gasteiger partial charge in [-0.3, -0.25) is 9.59 Å². The second kappa shape index (κ2) is 9.52. The smallest absolute Gasteiger partial charge is 0.279 e. The number of carbonyl (C=O) groups is 1. The molecular weight excluding hydrogens is 454 g/mol. The summed E-state index contributed by atoms with van der Waals surface area (Å²) in [6.45, 7) is 1.82. The van der Waals surface area contributed by atoms with Crippen molar-refractivity contribution in [1.29, 1.82) is 5.26 Å². The number of carbonyl (C=O) groups excluding carboxylic acids is 1. The fraction of sp³-hybridized carbons (Fsp3) is 0.0357. The molecule has 174 valence electrons. The number of para-hydroxylation sites is 1. The van der Waals surface area contributed by atoms with Gasteiger partial charge in [0.1, 0.15) is 17.4 Å². The van der Waals surface area contributed by atoms with Crippen LogP contribution >= 0.6 is 0 Å². The Balaban J connectivity index is 1.48. The normalized spacial score (nSPS) is 10.6. The van der Waals surface area contributed by atoms with Crippen LogP contribution in [0, 0.1) is 18.3 Å². The summed E-state index contributed by atoms with van der Waals surface area (Å²) < 4.78 is 7.00. The molecule has 0 atom stereocenters. The fourth-order valence-corrected chi connectivity index (χ4v) is 3.79. The summed E-state index contributed by atoms with van der Waals surface area (Å²) in [6.07, 6.45) is 1.55. The number of hydrogen-bond acceptors (Lipinski definition) is 6. The number of nitrogens with one attached hydrogen (secondary N) is 1. The third kappa shape index (κ3) is 4.29. The monoisotopic (exact) mass is 473 g/mol. The first-order chi connectivity index (χ1) is 17.5. The molecule has 0 unspecified atom stereocenters. The molecule has 0 aliphatic rings. The lowest BCUT2D eigenvalue weighted by molar-refractivity contribution is 0.102. The lowest BCUT2D eigenvalue weighted by atomic mass is 10.1. The van der Waals surface area contributed by atoms with Gasteiger partial charge in [0.05, 0.1) is 11.1 Å². The first kappa shape index (κ1) is 22.5. The second-order valence-corrected chi connectivity index (χ2v) is 7.95. The van der Waals surface area contributed by atoms with Crippen LogP contribution < -0.4 is 15.6 Å². The fourth-order valence-electron chi connectivity index (χ4n) is 3.79. The molecule has 36 heavy (non-hydrogen) atoms. The molecule has 0 radical (unpaired) electrons. The zero-order chi connectivity index (χ0) is 25.1. The molecule has 8 heteroatoms. The predicted molar refractivity (Wildman–Crippen MR) is 135 cm³/mol.